The summed E-state index contributed by atoms with van der Waals surface area (Å²) in [5, 5.41) is 9.19. The van der Waals surface area contributed by atoms with Gasteiger partial charge in [-0.25, -0.2) is 0 Å². The molecule has 62 valence electrons. The summed E-state index contributed by atoms with van der Waals surface area (Å²) < 4.78 is 5.00. The van der Waals surface area contributed by atoms with E-state index in [1.807, 2.05) is 13.8 Å². The summed E-state index contributed by atoms with van der Waals surface area (Å²) in [6.45, 7) is 3.96. The van der Waals surface area contributed by atoms with Gasteiger partial charge in [0.25, 0.3) is 0 Å². The molecule has 2 nitrogen and oxygen atoms in total. The number of aliphatic hydroxyl groups excluding tert-OH is 1. The number of rotatable bonds is 4. The van der Waals surface area contributed by atoms with Crippen molar-refractivity contribution in [2.45, 2.75) is 38.9 Å². The van der Waals surface area contributed by atoms with E-state index in [-0.39, 0.29) is 77.6 Å². The zero-order valence-corrected chi connectivity index (χ0v) is 13.3. The molecule has 0 saturated heterocycles. The summed E-state index contributed by atoms with van der Waals surface area (Å²) in [5.41, 5.74) is 0. The first-order chi connectivity index (χ1) is 4.26. The largest absolute Gasteiger partial charge is 0.390 e. The maximum atomic E-state index is 9.19. The Morgan fingerprint density at radius 1 is 1.18 bits per heavy atom. The van der Waals surface area contributed by atoms with Gasteiger partial charge in [0.1, 0.15) is 0 Å². The van der Waals surface area contributed by atoms with Crippen molar-refractivity contribution in [3.63, 3.8) is 0 Å². The van der Waals surface area contributed by atoms with Gasteiger partial charge in [0.15, 0.2) is 0 Å². The average molecular weight is 310 g/mol. The van der Waals surface area contributed by atoms with Gasteiger partial charge in [0.2, 0.25) is 0 Å². The summed E-state index contributed by atoms with van der Waals surface area (Å²) in [6.07, 6.45) is 1.38. The zero-order chi connectivity index (χ0) is 7.28. The van der Waals surface area contributed by atoms with Gasteiger partial charge in [-0.1, -0.05) is 13.8 Å². The van der Waals surface area contributed by atoms with E-state index in [1.54, 1.807) is 7.11 Å². The third-order valence-corrected chi connectivity index (χ3v) is 1.55. The Labute approximate surface area is 120 Å². The molecule has 0 fully saturated rings. The molecule has 0 aromatic rings. The normalized spacial score (nSPS) is 14.2. The van der Waals surface area contributed by atoms with Gasteiger partial charge in [-0.15, -0.1) is 0 Å². The van der Waals surface area contributed by atoms with Crippen LogP contribution in [0, 0.1) is 0 Å². The molecule has 0 saturated carbocycles. The Morgan fingerprint density at radius 2 is 1.64 bits per heavy atom. The number of ether oxygens (including phenoxy) is 1. The van der Waals surface area contributed by atoms with E-state index < -0.39 is 0 Å². The van der Waals surface area contributed by atoms with Gasteiger partial charge < -0.3 is 9.84 Å². The molecule has 0 aromatic carbocycles. The van der Waals surface area contributed by atoms with Gasteiger partial charge in [0.05, 0.1) is 12.2 Å². The van der Waals surface area contributed by atoms with Crippen LogP contribution in [-0.2, 0) is 70.2 Å². The number of hydrogen-bond donors (Lipinski definition) is 1. The van der Waals surface area contributed by atoms with Crippen LogP contribution < -0.4 is 0 Å². The fourth-order valence-corrected chi connectivity index (χ4v) is 0.859. The molecule has 0 amide bonds. The van der Waals surface area contributed by atoms with E-state index in [2.05, 4.69) is 0 Å². The van der Waals surface area contributed by atoms with Crippen molar-refractivity contribution < 1.29 is 75.3 Å². The molecular formula is C7H16O2Y2. The van der Waals surface area contributed by atoms with E-state index in [1.165, 1.54) is 0 Å². The topological polar surface area (TPSA) is 29.5 Å². The van der Waals surface area contributed by atoms with Crippen LogP contribution in [0.2, 0.25) is 0 Å². The first-order valence-electron chi connectivity index (χ1n) is 3.47. The van der Waals surface area contributed by atoms with Crippen LogP contribution >= 0.6 is 0 Å². The maximum Gasteiger partial charge on any atom is 0.0827 e. The van der Waals surface area contributed by atoms with Crippen LogP contribution in [0.1, 0.15) is 26.7 Å². The van der Waals surface area contributed by atoms with Crippen molar-refractivity contribution in [3.05, 3.63) is 0 Å². The Kier molecular flexibility index (Phi) is 20.8. The molecule has 11 heavy (non-hydrogen) atoms. The first-order valence-corrected chi connectivity index (χ1v) is 3.47. The average Bonchev–Trinajstić information content (AvgIpc) is 1.90. The molecule has 1 N–H and O–H groups in total. The van der Waals surface area contributed by atoms with Crippen LogP contribution in [0.4, 0.5) is 0 Å². The monoisotopic (exact) mass is 310 g/mol. The number of methoxy groups -OCH3 is 1. The number of hydrogen-bond acceptors (Lipinski definition) is 2. The van der Waals surface area contributed by atoms with Crippen LogP contribution in [0.15, 0.2) is 0 Å². The second-order valence-electron chi connectivity index (χ2n) is 2.16. The second-order valence-corrected chi connectivity index (χ2v) is 2.16. The van der Waals surface area contributed by atoms with Crippen LogP contribution in [0.5, 0.6) is 0 Å². The van der Waals surface area contributed by atoms with Crippen LogP contribution in [0.25, 0.3) is 0 Å². The van der Waals surface area contributed by atoms with E-state index in [0.29, 0.717) is 0 Å². The minimum absolute atomic E-state index is 0. The molecular weight excluding hydrogens is 294 g/mol. The molecule has 0 aliphatic heterocycles. The Bertz CT molecular complexity index is 67.5. The van der Waals surface area contributed by atoms with E-state index in [0.717, 1.165) is 12.8 Å². The van der Waals surface area contributed by atoms with Gasteiger partial charge in [-0.05, 0) is 12.8 Å². The smallest absolute Gasteiger partial charge is 0.0827 e. The predicted molar refractivity (Wildman–Crippen MR) is 37.4 cm³/mol. The van der Waals surface area contributed by atoms with Gasteiger partial charge >= 0.3 is 0 Å². The molecule has 0 bridgehead atoms. The minimum Gasteiger partial charge on any atom is -0.390 e. The molecule has 0 spiro atoms. The van der Waals surface area contributed by atoms with Crippen molar-refractivity contribution in [2.24, 2.45) is 0 Å². The molecule has 2 atom stereocenters. The molecule has 0 aliphatic rings. The van der Waals surface area contributed by atoms with Crippen LogP contribution in [0.3, 0.4) is 0 Å². The Hall–Kier alpha value is 2.13. The van der Waals surface area contributed by atoms with Crippen LogP contribution in [-0.4, -0.2) is 24.4 Å². The summed E-state index contributed by atoms with van der Waals surface area (Å²) in [5.74, 6) is 0. The van der Waals surface area contributed by atoms with Crippen molar-refractivity contribution in [1.29, 1.82) is 0 Å². The summed E-state index contributed by atoms with van der Waals surface area (Å²) in [6, 6.07) is 0. The second kappa shape index (κ2) is 12.1. The van der Waals surface area contributed by atoms with Crippen molar-refractivity contribution in [2.75, 3.05) is 7.11 Å². The molecule has 0 aliphatic carbocycles. The molecule has 4 heteroatoms. The molecule has 0 aromatic heterocycles. The molecule has 2 unspecified atom stereocenters. The zero-order valence-electron chi connectivity index (χ0n) is 7.58. The summed E-state index contributed by atoms with van der Waals surface area (Å²) in [4.78, 5) is 0. The fraction of sp³-hybridized carbons (Fsp3) is 1.00. The molecule has 2 radical (unpaired) electrons. The van der Waals surface area contributed by atoms with Gasteiger partial charge in [-0.3, -0.25) is 0 Å². The quantitative estimate of drug-likeness (QED) is 0.845. The van der Waals surface area contributed by atoms with E-state index >= 15 is 0 Å². The van der Waals surface area contributed by atoms with Gasteiger partial charge in [-0.2, -0.15) is 0 Å². The SMILES string of the molecule is CCC(O)C(CC)OC.[Y].[Y]. The molecule has 0 rings (SSSR count). The predicted octanol–water partition coefficient (Wildman–Crippen LogP) is 1.18. The summed E-state index contributed by atoms with van der Waals surface area (Å²) >= 11 is 0. The minimum atomic E-state index is -0.292. The third kappa shape index (κ3) is 8.46. The van der Waals surface area contributed by atoms with E-state index in [4.69, 9.17) is 4.74 Å². The summed E-state index contributed by atoms with van der Waals surface area (Å²) in [7, 11) is 1.63. The standard InChI is InChI=1S/C7H16O2.2Y/c1-4-6(8)7(5-2)9-3;;/h6-8H,4-5H2,1-3H3;;. The third-order valence-electron chi connectivity index (χ3n) is 1.55. The van der Waals surface area contributed by atoms with E-state index in [9.17, 15) is 5.11 Å². The van der Waals surface area contributed by atoms with Crippen molar-refractivity contribution >= 4 is 0 Å². The number of aliphatic hydroxyl groups is 1. The first kappa shape index (κ1) is 18.8. The Balaban J connectivity index is -0.000000320. The molecule has 0 heterocycles. The Morgan fingerprint density at radius 3 is 1.73 bits per heavy atom. The van der Waals surface area contributed by atoms with Crippen molar-refractivity contribution in [1.82, 2.24) is 0 Å². The van der Waals surface area contributed by atoms with Gasteiger partial charge in [0, 0.05) is 72.5 Å². The maximum absolute atomic E-state index is 9.19. The van der Waals surface area contributed by atoms with Crippen molar-refractivity contribution in [3.8, 4) is 0 Å². The fourth-order valence-electron chi connectivity index (χ4n) is 0.859.